The van der Waals surface area contributed by atoms with Crippen molar-refractivity contribution in [3.8, 4) is 0 Å². The number of carbonyl (C=O) groups excluding carboxylic acids is 1. The predicted molar refractivity (Wildman–Crippen MR) is 98.4 cm³/mol. The van der Waals surface area contributed by atoms with Crippen LogP contribution in [0.3, 0.4) is 0 Å². The van der Waals surface area contributed by atoms with Crippen molar-refractivity contribution in [2.24, 2.45) is 5.84 Å². The molecule has 1 amide bonds. The summed E-state index contributed by atoms with van der Waals surface area (Å²) in [4.78, 5) is 17.4. The molecule has 2 aromatic carbocycles. The van der Waals surface area contributed by atoms with E-state index in [-0.39, 0.29) is 5.91 Å². The van der Waals surface area contributed by atoms with E-state index >= 15 is 0 Å². The SMILES string of the molecule is NN1C(=O)C(=Cc2c3ccccc3nc3ccccc23)SC1=S. The predicted octanol–water partition coefficient (Wildman–Crippen LogP) is 3.46. The third-order valence-corrected chi connectivity index (χ3v) is 5.06. The number of rotatable bonds is 1. The smallest absolute Gasteiger partial charge is 0.267 e. The summed E-state index contributed by atoms with van der Waals surface area (Å²) in [5.74, 6) is 5.39. The van der Waals surface area contributed by atoms with Crippen LogP contribution in [0.15, 0.2) is 53.4 Å². The Morgan fingerprint density at radius 3 is 2.13 bits per heavy atom. The van der Waals surface area contributed by atoms with E-state index in [1.54, 1.807) is 0 Å². The molecule has 1 aromatic heterocycles. The zero-order chi connectivity index (χ0) is 16.0. The maximum Gasteiger partial charge on any atom is 0.280 e. The number of fused-ring (bicyclic) bond motifs is 2. The number of hydrogen-bond acceptors (Lipinski definition) is 5. The maximum atomic E-state index is 12.2. The van der Waals surface area contributed by atoms with Crippen molar-refractivity contribution in [2.45, 2.75) is 0 Å². The van der Waals surface area contributed by atoms with Crippen molar-refractivity contribution >= 4 is 62.1 Å². The van der Waals surface area contributed by atoms with E-state index in [2.05, 4.69) is 4.98 Å². The molecule has 0 aliphatic carbocycles. The van der Waals surface area contributed by atoms with Gasteiger partial charge in [-0.05, 0) is 23.8 Å². The number of amides is 1. The fourth-order valence-corrected chi connectivity index (χ4v) is 3.72. The van der Waals surface area contributed by atoms with Gasteiger partial charge in [0.2, 0.25) is 0 Å². The first-order valence-electron chi connectivity index (χ1n) is 6.95. The van der Waals surface area contributed by atoms with Gasteiger partial charge in [0.25, 0.3) is 5.91 Å². The molecule has 0 bridgehead atoms. The topological polar surface area (TPSA) is 59.2 Å². The Morgan fingerprint density at radius 1 is 1.04 bits per heavy atom. The van der Waals surface area contributed by atoms with Gasteiger partial charge in [-0.15, -0.1) is 0 Å². The van der Waals surface area contributed by atoms with Crippen LogP contribution < -0.4 is 5.84 Å². The van der Waals surface area contributed by atoms with Gasteiger partial charge in [-0.25, -0.2) is 15.8 Å². The van der Waals surface area contributed by atoms with Gasteiger partial charge in [0, 0.05) is 10.8 Å². The molecule has 2 N–H and O–H groups in total. The molecule has 1 aliphatic heterocycles. The highest BCUT2D eigenvalue weighted by atomic mass is 32.2. The first-order valence-corrected chi connectivity index (χ1v) is 8.18. The molecular formula is C17H11N3OS2. The second-order valence-corrected chi connectivity index (χ2v) is 6.79. The Bertz CT molecular complexity index is 959. The Morgan fingerprint density at radius 2 is 1.61 bits per heavy atom. The maximum absolute atomic E-state index is 12.2. The van der Waals surface area contributed by atoms with E-state index in [1.165, 1.54) is 11.8 Å². The van der Waals surface area contributed by atoms with Gasteiger partial charge in [-0.3, -0.25) is 4.79 Å². The van der Waals surface area contributed by atoms with Gasteiger partial charge < -0.3 is 0 Å². The Kier molecular flexibility index (Phi) is 3.37. The minimum atomic E-state index is -0.273. The molecule has 0 atom stereocenters. The van der Waals surface area contributed by atoms with Crippen molar-refractivity contribution < 1.29 is 4.79 Å². The van der Waals surface area contributed by atoms with Crippen LogP contribution in [0, 0.1) is 0 Å². The lowest BCUT2D eigenvalue weighted by atomic mass is 10.0. The van der Waals surface area contributed by atoms with E-state index in [9.17, 15) is 4.79 Å². The van der Waals surface area contributed by atoms with Crippen LogP contribution in [0.5, 0.6) is 0 Å². The molecule has 0 unspecified atom stereocenters. The molecule has 1 aliphatic rings. The van der Waals surface area contributed by atoms with Gasteiger partial charge >= 0.3 is 0 Å². The minimum Gasteiger partial charge on any atom is -0.267 e. The number of nitrogens with two attached hydrogens (primary N) is 1. The highest BCUT2D eigenvalue weighted by molar-refractivity contribution is 8.26. The van der Waals surface area contributed by atoms with Crippen LogP contribution in [0.1, 0.15) is 5.56 Å². The Hall–Kier alpha value is -2.28. The lowest BCUT2D eigenvalue weighted by Crippen LogP contribution is -2.34. The average Bonchev–Trinajstić information content (AvgIpc) is 2.81. The molecule has 112 valence electrons. The van der Waals surface area contributed by atoms with E-state index in [1.807, 2.05) is 54.6 Å². The minimum absolute atomic E-state index is 0.273. The normalized spacial score (nSPS) is 16.9. The Balaban J connectivity index is 2.04. The summed E-state index contributed by atoms with van der Waals surface area (Å²) in [7, 11) is 0. The second-order valence-electron chi connectivity index (χ2n) is 5.11. The summed E-state index contributed by atoms with van der Waals surface area (Å²) < 4.78 is 0.365. The standard InChI is InChI=1S/C17H11N3OS2/c18-20-16(21)15(23-17(20)22)9-12-10-5-1-3-7-13(10)19-14-8-4-2-6-11(12)14/h1-9H,18H2. The van der Waals surface area contributed by atoms with Gasteiger partial charge in [0.15, 0.2) is 4.32 Å². The molecular weight excluding hydrogens is 326 g/mol. The molecule has 2 heterocycles. The number of hydrogen-bond donors (Lipinski definition) is 1. The number of carbonyl (C=O) groups is 1. The number of thiocarbonyl (C=S) groups is 1. The van der Waals surface area contributed by atoms with E-state index in [0.29, 0.717) is 9.23 Å². The second kappa shape index (κ2) is 5.42. The van der Waals surface area contributed by atoms with E-state index in [0.717, 1.165) is 32.4 Å². The molecule has 1 saturated heterocycles. The number of nitrogens with zero attached hydrogens (tertiary/aromatic N) is 2. The number of benzene rings is 2. The van der Waals surface area contributed by atoms with Crippen molar-refractivity contribution in [1.29, 1.82) is 0 Å². The van der Waals surface area contributed by atoms with Crippen LogP contribution in [0.4, 0.5) is 0 Å². The zero-order valence-electron chi connectivity index (χ0n) is 11.9. The van der Waals surface area contributed by atoms with Gasteiger partial charge in [-0.1, -0.05) is 60.4 Å². The van der Waals surface area contributed by atoms with Crippen molar-refractivity contribution in [3.63, 3.8) is 0 Å². The summed E-state index contributed by atoms with van der Waals surface area (Å²) >= 11 is 6.31. The summed E-state index contributed by atoms with van der Waals surface area (Å²) in [5, 5.41) is 3.00. The fourth-order valence-electron chi connectivity index (χ4n) is 2.64. The molecule has 23 heavy (non-hydrogen) atoms. The molecule has 0 radical (unpaired) electrons. The van der Waals surface area contributed by atoms with E-state index < -0.39 is 0 Å². The summed E-state index contributed by atoms with van der Waals surface area (Å²) in [5.41, 5.74) is 2.74. The highest BCUT2D eigenvalue weighted by Gasteiger charge is 2.30. The molecule has 0 saturated carbocycles. The number of hydrazine groups is 1. The van der Waals surface area contributed by atoms with Gasteiger partial charge in [-0.2, -0.15) is 0 Å². The molecule has 3 aromatic rings. The lowest BCUT2D eigenvalue weighted by Gasteiger charge is -2.08. The third kappa shape index (κ3) is 2.31. The van der Waals surface area contributed by atoms with Gasteiger partial charge in [0.1, 0.15) is 0 Å². The number of aromatic nitrogens is 1. The largest absolute Gasteiger partial charge is 0.280 e. The third-order valence-electron chi connectivity index (χ3n) is 3.73. The highest BCUT2D eigenvalue weighted by Crippen LogP contribution is 2.34. The van der Waals surface area contributed by atoms with Crippen LogP contribution in [0.25, 0.3) is 27.9 Å². The molecule has 6 heteroatoms. The first-order chi connectivity index (χ1) is 11.1. The average molecular weight is 337 g/mol. The molecule has 0 spiro atoms. The molecule has 4 nitrogen and oxygen atoms in total. The van der Waals surface area contributed by atoms with Crippen LogP contribution >= 0.6 is 24.0 Å². The summed E-state index contributed by atoms with van der Waals surface area (Å²) in [6.07, 6.45) is 1.86. The van der Waals surface area contributed by atoms with Crippen molar-refractivity contribution in [1.82, 2.24) is 9.99 Å². The fraction of sp³-hybridized carbons (Fsp3) is 0. The zero-order valence-corrected chi connectivity index (χ0v) is 13.5. The van der Waals surface area contributed by atoms with Crippen molar-refractivity contribution in [3.05, 3.63) is 59.0 Å². The number of para-hydroxylation sites is 2. The van der Waals surface area contributed by atoms with Crippen LogP contribution in [-0.2, 0) is 4.79 Å². The quantitative estimate of drug-likeness (QED) is 0.242. The van der Waals surface area contributed by atoms with Crippen molar-refractivity contribution in [2.75, 3.05) is 0 Å². The number of pyridine rings is 1. The monoisotopic (exact) mass is 337 g/mol. The van der Waals surface area contributed by atoms with Crippen LogP contribution in [-0.4, -0.2) is 20.2 Å². The molecule has 1 fully saturated rings. The van der Waals surface area contributed by atoms with Crippen LogP contribution in [0.2, 0.25) is 0 Å². The Labute approximate surface area is 141 Å². The first kappa shape index (κ1) is 14.3. The van der Waals surface area contributed by atoms with E-state index in [4.69, 9.17) is 18.1 Å². The summed E-state index contributed by atoms with van der Waals surface area (Å²) in [6, 6.07) is 15.8. The lowest BCUT2D eigenvalue weighted by molar-refractivity contribution is -0.122. The molecule has 4 rings (SSSR count). The number of thioether (sulfide) groups is 1. The van der Waals surface area contributed by atoms with Gasteiger partial charge in [0.05, 0.1) is 15.9 Å². The summed E-state index contributed by atoms with van der Waals surface area (Å²) in [6.45, 7) is 0.